The van der Waals surface area contributed by atoms with Crippen LogP contribution in [0.3, 0.4) is 0 Å². The van der Waals surface area contributed by atoms with Gasteiger partial charge in [0.2, 0.25) is 0 Å². The molecule has 0 saturated carbocycles. The Morgan fingerprint density at radius 2 is 2.05 bits per heavy atom. The third-order valence-electron chi connectivity index (χ3n) is 3.08. The fourth-order valence-corrected chi connectivity index (χ4v) is 1.95. The highest BCUT2D eigenvalue weighted by atomic mass is 19.1. The van der Waals surface area contributed by atoms with Gasteiger partial charge in [-0.25, -0.2) is 4.39 Å². The minimum absolute atomic E-state index is 0.0979. The smallest absolute Gasteiger partial charge is 0.251 e. The maximum atomic E-state index is 13.4. The number of nitrogens with one attached hydrogen (secondary N) is 1. The molecule has 1 amide bonds. The summed E-state index contributed by atoms with van der Waals surface area (Å²) in [4.78, 5) is 11.9. The number of halogens is 1. The van der Waals surface area contributed by atoms with E-state index in [1.165, 1.54) is 25.3 Å². The summed E-state index contributed by atoms with van der Waals surface area (Å²) in [5.41, 5.74) is 0.872. The van der Waals surface area contributed by atoms with Gasteiger partial charge in [-0.3, -0.25) is 4.79 Å². The van der Waals surface area contributed by atoms with Gasteiger partial charge in [-0.1, -0.05) is 18.2 Å². The molecule has 0 fully saturated rings. The van der Waals surface area contributed by atoms with Crippen molar-refractivity contribution in [3.8, 4) is 11.5 Å². The molecular formula is C16H16FNO3. The lowest BCUT2D eigenvalue weighted by molar-refractivity contribution is 0.0953. The molecule has 2 N–H and O–H groups in total. The van der Waals surface area contributed by atoms with Crippen LogP contribution in [0, 0.1) is 5.82 Å². The van der Waals surface area contributed by atoms with E-state index in [2.05, 4.69) is 5.32 Å². The first kappa shape index (κ1) is 14.8. The topological polar surface area (TPSA) is 58.6 Å². The molecule has 0 aliphatic heterocycles. The first-order valence-electron chi connectivity index (χ1n) is 6.50. The molecule has 2 aromatic carbocycles. The highest BCUT2D eigenvalue weighted by Gasteiger charge is 2.09. The number of rotatable bonds is 5. The Bertz CT molecular complexity index is 643. The lowest BCUT2D eigenvalue weighted by Crippen LogP contribution is -2.25. The number of ether oxygens (including phenoxy) is 1. The number of methoxy groups -OCH3 is 1. The van der Waals surface area contributed by atoms with Crippen LogP contribution < -0.4 is 10.1 Å². The van der Waals surface area contributed by atoms with E-state index >= 15 is 0 Å². The van der Waals surface area contributed by atoms with Gasteiger partial charge in [0, 0.05) is 12.1 Å². The highest BCUT2D eigenvalue weighted by Crippen LogP contribution is 2.26. The van der Waals surface area contributed by atoms with Gasteiger partial charge in [-0.05, 0) is 36.2 Å². The Kier molecular flexibility index (Phi) is 4.77. The molecule has 2 aromatic rings. The second-order valence-electron chi connectivity index (χ2n) is 4.48. The van der Waals surface area contributed by atoms with Crippen LogP contribution in [0.1, 0.15) is 15.9 Å². The van der Waals surface area contributed by atoms with E-state index in [1.54, 1.807) is 24.3 Å². The van der Waals surface area contributed by atoms with Gasteiger partial charge < -0.3 is 15.2 Å². The van der Waals surface area contributed by atoms with Gasteiger partial charge in [0.05, 0.1) is 7.11 Å². The average molecular weight is 289 g/mol. The van der Waals surface area contributed by atoms with Crippen molar-refractivity contribution in [3.05, 3.63) is 59.4 Å². The Labute approximate surface area is 122 Å². The van der Waals surface area contributed by atoms with Crippen LogP contribution >= 0.6 is 0 Å². The van der Waals surface area contributed by atoms with Crippen molar-refractivity contribution >= 4 is 5.91 Å². The molecule has 5 heteroatoms. The number of hydrogen-bond donors (Lipinski definition) is 2. The normalized spacial score (nSPS) is 10.2. The SMILES string of the molecule is COc1ccc(C(=O)NCCc2ccccc2F)cc1O. The zero-order valence-corrected chi connectivity index (χ0v) is 11.6. The lowest BCUT2D eigenvalue weighted by Gasteiger charge is -2.08. The van der Waals surface area contributed by atoms with Crippen molar-refractivity contribution in [1.29, 1.82) is 0 Å². The van der Waals surface area contributed by atoms with Crippen LogP contribution in [-0.4, -0.2) is 24.7 Å². The largest absolute Gasteiger partial charge is 0.504 e. The van der Waals surface area contributed by atoms with Crippen molar-refractivity contribution < 1.29 is 19.0 Å². The number of aromatic hydroxyl groups is 1. The Morgan fingerprint density at radius 3 is 2.71 bits per heavy atom. The van der Waals surface area contributed by atoms with E-state index in [0.717, 1.165) is 0 Å². The number of phenols is 1. The fraction of sp³-hybridized carbons (Fsp3) is 0.188. The molecule has 0 aliphatic rings. The molecule has 0 heterocycles. The first-order valence-corrected chi connectivity index (χ1v) is 6.50. The maximum Gasteiger partial charge on any atom is 0.251 e. The summed E-state index contributed by atoms with van der Waals surface area (Å²) in [6, 6.07) is 10.8. The summed E-state index contributed by atoms with van der Waals surface area (Å²) in [5, 5.41) is 12.3. The Balaban J connectivity index is 1.93. The van der Waals surface area contributed by atoms with Crippen LogP contribution in [0.25, 0.3) is 0 Å². The summed E-state index contributed by atoms with van der Waals surface area (Å²) in [7, 11) is 1.43. The molecule has 0 unspecified atom stereocenters. The van der Waals surface area contributed by atoms with Crippen molar-refractivity contribution in [3.63, 3.8) is 0 Å². The van der Waals surface area contributed by atoms with Crippen molar-refractivity contribution in [2.75, 3.05) is 13.7 Å². The summed E-state index contributed by atoms with van der Waals surface area (Å²) < 4.78 is 18.3. The monoisotopic (exact) mass is 289 g/mol. The van der Waals surface area contributed by atoms with E-state index in [0.29, 0.717) is 29.8 Å². The molecule has 110 valence electrons. The summed E-state index contributed by atoms with van der Waals surface area (Å²) >= 11 is 0. The molecule has 2 rings (SSSR count). The number of carbonyl (C=O) groups excluding carboxylic acids is 1. The number of carbonyl (C=O) groups is 1. The van der Waals surface area contributed by atoms with Gasteiger partial charge in [0.25, 0.3) is 5.91 Å². The number of amides is 1. The molecule has 0 bridgehead atoms. The van der Waals surface area contributed by atoms with Gasteiger partial charge in [0.15, 0.2) is 11.5 Å². The van der Waals surface area contributed by atoms with Crippen LogP contribution in [0.15, 0.2) is 42.5 Å². The van der Waals surface area contributed by atoms with Crippen LogP contribution in [0.5, 0.6) is 11.5 Å². The van der Waals surface area contributed by atoms with E-state index in [4.69, 9.17) is 4.74 Å². The van der Waals surface area contributed by atoms with Crippen LogP contribution in [-0.2, 0) is 6.42 Å². The number of hydrogen-bond acceptors (Lipinski definition) is 3. The first-order chi connectivity index (χ1) is 10.1. The zero-order chi connectivity index (χ0) is 15.2. The molecule has 0 saturated heterocycles. The van der Waals surface area contributed by atoms with Crippen LogP contribution in [0.2, 0.25) is 0 Å². The molecule has 0 aliphatic carbocycles. The Morgan fingerprint density at radius 1 is 1.29 bits per heavy atom. The molecule has 0 spiro atoms. The van der Waals surface area contributed by atoms with E-state index in [-0.39, 0.29) is 17.5 Å². The maximum absolute atomic E-state index is 13.4. The Hall–Kier alpha value is -2.56. The molecule has 0 atom stereocenters. The van der Waals surface area contributed by atoms with E-state index < -0.39 is 0 Å². The average Bonchev–Trinajstić information content (AvgIpc) is 2.49. The quantitative estimate of drug-likeness (QED) is 0.889. The predicted octanol–water partition coefficient (Wildman–Crippen LogP) is 2.51. The zero-order valence-electron chi connectivity index (χ0n) is 11.6. The summed E-state index contributed by atoms with van der Waals surface area (Å²) in [6.07, 6.45) is 0.403. The molecule has 21 heavy (non-hydrogen) atoms. The fourth-order valence-electron chi connectivity index (χ4n) is 1.95. The second-order valence-corrected chi connectivity index (χ2v) is 4.48. The number of phenolic OH excluding ortho intramolecular Hbond substituents is 1. The van der Waals surface area contributed by atoms with Crippen molar-refractivity contribution in [1.82, 2.24) is 5.32 Å². The minimum atomic E-state index is -0.329. The van der Waals surface area contributed by atoms with Gasteiger partial charge in [0.1, 0.15) is 5.82 Å². The standard InChI is InChI=1S/C16H16FNO3/c1-21-15-7-6-12(10-14(15)19)16(20)18-9-8-11-4-2-3-5-13(11)17/h2-7,10,19H,8-9H2,1H3,(H,18,20). The summed E-state index contributed by atoms with van der Waals surface area (Å²) in [6.45, 7) is 0.312. The number of benzene rings is 2. The van der Waals surface area contributed by atoms with Crippen molar-refractivity contribution in [2.45, 2.75) is 6.42 Å². The van der Waals surface area contributed by atoms with Crippen LogP contribution in [0.4, 0.5) is 4.39 Å². The molecule has 0 radical (unpaired) electrons. The minimum Gasteiger partial charge on any atom is -0.504 e. The van der Waals surface area contributed by atoms with Crippen molar-refractivity contribution in [2.24, 2.45) is 0 Å². The van der Waals surface area contributed by atoms with E-state index in [1.807, 2.05) is 0 Å². The highest BCUT2D eigenvalue weighted by molar-refractivity contribution is 5.94. The molecule has 4 nitrogen and oxygen atoms in total. The second kappa shape index (κ2) is 6.74. The molecule has 0 aromatic heterocycles. The van der Waals surface area contributed by atoms with Gasteiger partial charge in [-0.15, -0.1) is 0 Å². The third kappa shape index (κ3) is 3.72. The lowest BCUT2D eigenvalue weighted by atomic mass is 10.1. The van der Waals surface area contributed by atoms with E-state index in [9.17, 15) is 14.3 Å². The molecular weight excluding hydrogens is 273 g/mol. The summed E-state index contributed by atoms with van der Waals surface area (Å²) in [5.74, 6) is -0.407. The predicted molar refractivity (Wildman–Crippen MR) is 77.1 cm³/mol. The van der Waals surface area contributed by atoms with Gasteiger partial charge >= 0.3 is 0 Å². The third-order valence-corrected chi connectivity index (χ3v) is 3.08. The van der Waals surface area contributed by atoms with Gasteiger partial charge in [-0.2, -0.15) is 0 Å².